The minimum absolute atomic E-state index is 0.0205. The molecule has 1 aromatic carbocycles. The number of carboxylic acid groups (broad SMARTS) is 1. The van der Waals surface area contributed by atoms with Crippen LogP contribution >= 0.6 is 0 Å². The summed E-state index contributed by atoms with van der Waals surface area (Å²) in [5.74, 6) is -2.99. The number of carbonyl (C=O) groups is 3. The van der Waals surface area contributed by atoms with Crippen LogP contribution in [0.25, 0.3) is 0 Å². The van der Waals surface area contributed by atoms with E-state index in [1.807, 2.05) is 0 Å². The second-order valence-corrected chi connectivity index (χ2v) is 11.1. The predicted molar refractivity (Wildman–Crippen MR) is 160 cm³/mol. The fourth-order valence-electron chi connectivity index (χ4n) is 5.39. The van der Waals surface area contributed by atoms with Crippen LogP contribution in [0.4, 0.5) is 36.8 Å². The summed E-state index contributed by atoms with van der Waals surface area (Å²) in [6.45, 7) is 3.02. The quantitative estimate of drug-likeness (QED) is 0.237. The first-order valence-electron chi connectivity index (χ1n) is 14.9. The van der Waals surface area contributed by atoms with Gasteiger partial charge in [-0.1, -0.05) is 6.92 Å². The summed E-state index contributed by atoms with van der Waals surface area (Å²) in [6, 6.07) is 4.02. The van der Waals surface area contributed by atoms with Crippen LogP contribution in [0.3, 0.4) is 0 Å². The Kier molecular flexibility index (Phi) is 10.7. The maximum absolute atomic E-state index is 13.7. The van der Waals surface area contributed by atoms with Crippen molar-refractivity contribution in [3.63, 3.8) is 0 Å². The van der Waals surface area contributed by atoms with Gasteiger partial charge in [0.15, 0.2) is 0 Å². The first-order valence-corrected chi connectivity index (χ1v) is 14.9. The number of amides is 2. The van der Waals surface area contributed by atoms with E-state index in [2.05, 4.69) is 20.3 Å². The van der Waals surface area contributed by atoms with Crippen LogP contribution in [0.1, 0.15) is 83.3 Å². The standard InChI is InChI=1S/C31H32F6N6O6/c1-4-29(38)14-19(25-22(6-7-23(42-25)48-3)43(29)28(47)49-5-2)26-40-15-20(27(46)39-9-8-24(44)45)21(41-26)12-16-10-17(30(32,33)34)13-18(11-16)31(35,36)37/h6-7,10-11,13,15,19H,4-5,8-9,12,14,38H2,1-3H3,(H,39,46)(H,44,45)/t19-,29+/m0/s1. The van der Waals surface area contributed by atoms with Gasteiger partial charge < -0.3 is 25.6 Å². The minimum Gasteiger partial charge on any atom is -0.481 e. The molecule has 264 valence electrons. The summed E-state index contributed by atoms with van der Waals surface area (Å²) >= 11 is 0. The first kappa shape index (κ1) is 36.8. The number of nitrogens with zero attached hydrogens (tertiary/aromatic N) is 4. The second-order valence-electron chi connectivity index (χ2n) is 11.1. The van der Waals surface area contributed by atoms with Gasteiger partial charge in [-0.05, 0) is 49.6 Å². The Morgan fingerprint density at radius 1 is 1.06 bits per heavy atom. The highest BCUT2D eigenvalue weighted by Crippen LogP contribution is 2.45. The minimum atomic E-state index is -5.13. The van der Waals surface area contributed by atoms with Crippen molar-refractivity contribution < 1.29 is 55.3 Å². The van der Waals surface area contributed by atoms with Gasteiger partial charge in [0.05, 0.1) is 59.8 Å². The molecule has 3 aromatic rings. The number of ether oxygens (including phenoxy) is 2. The summed E-state index contributed by atoms with van der Waals surface area (Å²) in [7, 11) is 1.35. The molecule has 49 heavy (non-hydrogen) atoms. The molecule has 2 aromatic heterocycles. The largest absolute Gasteiger partial charge is 0.481 e. The lowest BCUT2D eigenvalue weighted by molar-refractivity contribution is -0.143. The third-order valence-corrected chi connectivity index (χ3v) is 7.81. The molecule has 0 unspecified atom stereocenters. The van der Waals surface area contributed by atoms with Crippen molar-refractivity contribution in [2.45, 2.75) is 63.5 Å². The second kappa shape index (κ2) is 14.2. The van der Waals surface area contributed by atoms with Crippen molar-refractivity contribution in [1.29, 1.82) is 0 Å². The summed E-state index contributed by atoms with van der Waals surface area (Å²) in [5.41, 5.74) is 1.60. The van der Waals surface area contributed by atoms with Gasteiger partial charge in [0, 0.05) is 25.2 Å². The number of anilines is 1. The van der Waals surface area contributed by atoms with Crippen molar-refractivity contribution >= 4 is 23.7 Å². The Labute approximate surface area is 275 Å². The van der Waals surface area contributed by atoms with E-state index >= 15 is 0 Å². The van der Waals surface area contributed by atoms with Gasteiger partial charge in [-0.15, -0.1) is 0 Å². The maximum Gasteiger partial charge on any atom is 0.416 e. The summed E-state index contributed by atoms with van der Waals surface area (Å²) in [4.78, 5) is 51.8. The number of aliphatic carboxylic acids is 1. The van der Waals surface area contributed by atoms with Crippen molar-refractivity contribution in [1.82, 2.24) is 20.3 Å². The predicted octanol–water partition coefficient (Wildman–Crippen LogP) is 5.28. The van der Waals surface area contributed by atoms with Crippen molar-refractivity contribution in [3.05, 3.63) is 76.0 Å². The topological polar surface area (TPSA) is 170 Å². The lowest BCUT2D eigenvalue weighted by atomic mass is 9.83. The van der Waals surface area contributed by atoms with Crippen LogP contribution in [0.5, 0.6) is 5.88 Å². The highest BCUT2D eigenvalue weighted by atomic mass is 19.4. The normalized spacial score (nSPS) is 17.7. The van der Waals surface area contributed by atoms with Crippen LogP contribution in [-0.4, -0.2) is 64.0 Å². The Morgan fingerprint density at radius 3 is 2.27 bits per heavy atom. The van der Waals surface area contributed by atoms with E-state index < -0.39 is 71.4 Å². The molecule has 0 fully saturated rings. The van der Waals surface area contributed by atoms with Crippen LogP contribution in [0.15, 0.2) is 36.5 Å². The zero-order chi connectivity index (χ0) is 36.3. The number of aromatic nitrogens is 3. The number of halogens is 6. The fourth-order valence-corrected chi connectivity index (χ4v) is 5.39. The number of nitrogens with two attached hydrogens (primary N) is 1. The van der Waals surface area contributed by atoms with Crippen LogP contribution in [0.2, 0.25) is 0 Å². The molecule has 0 spiro atoms. The lowest BCUT2D eigenvalue weighted by Crippen LogP contribution is -2.61. The van der Waals surface area contributed by atoms with Gasteiger partial charge in [0.25, 0.3) is 5.91 Å². The number of methoxy groups -OCH3 is 1. The number of carboxylic acids is 1. The molecule has 4 rings (SSSR count). The van der Waals surface area contributed by atoms with Crippen LogP contribution in [0, 0.1) is 0 Å². The SMILES string of the molecule is CCOC(=O)N1c2ccc(OC)nc2[C@@H](c2ncc(C(=O)NCCC(=O)O)c(Cc3cc(C(F)(F)F)cc(C(F)(F)F)c3)n2)C[C@@]1(N)CC. The molecule has 1 aliphatic rings. The smallest absolute Gasteiger partial charge is 0.416 e. The van der Waals surface area contributed by atoms with Gasteiger partial charge in [0.2, 0.25) is 5.88 Å². The Hall–Kier alpha value is -5.00. The molecule has 2 atom stereocenters. The van der Waals surface area contributed by atoms with Gasteiger partial charge in [-0.25, -0.2) is 19.7 Å². The Balaban J connectivity index is 1.91. The number of alkyl halides is 6. The fraction of sp³-hybridized carbons (Fsp3) is 0.419. The Bertz CT molecular complexity index is 1700. The number of hydrogen-bond acceptors (Lipinski definition) is 9. The van der Waals surface area contributed by atoms with E-state index in [1.165, 1.54) is 24.1 Å². The molecule has 0 radical (unpaired) electrons. The van der Waals surface area contributed by atoms with Crippen LogP contribution < -0.4 is 20.7 Å². The van der Waals surface area contributed by atoms with Crippen LogP contribution in [-0.2, 0) is 28.3 Å². The lowest BCUT2D eigenvalue weighted by Gasteiger charge is -2.46. The van der Waals surface area contributed by atoms with Gasteiger partial charge in [-0.3, -0.25) is 14.5 Å². The van der Waals surface area contributed by atoms with E-state index in [1.54, 1.807) is 13.8 Å². The zero-order valence-corrected chi connectivity index (χ0v) is 26.4. The third-order valence-electron chi connectivity index (χ3n) is 7.81. The zero-order valence-electron chi connectivity index (χ0n) is 26.4. The average Bonchev–Trinajstić information content (AvgIpc) is 3.03. The van der Waals surface area contributed by atoms with Crippen molar-refractivity contribution in [2.75, 3.05) is 25.2 Å². The van der Waals surface area contributed by atoms with E-state index in [4.69, 9.17) is 20.3 Å². The molecule has 3 heterocycles. The molecule has 2 amide bonds. The van der Waals surface area contributed by atoms with E-state index in [0.29, 0.717) is 12.1 Å². The molecule has 4 N–H and O–H groups in total. The average molecular weight is 699 g/mol. The molecular weight excluding hydrogens is 666 g/mol. The molecule has 12 nitrogen and oxygen atoms in total. The number of fused-ring (bicyclic) bond motifs is 1. The number of rotatable bonds is 10. The number of benzene rings is 1. The molecular formula is C31H32F6N6O6. The summed E-state index contributed by atoms with van der Waals surface area (Å²) in [6.07, 6.45) is -11.0. The van der Waals surface area contributed by atoms with E-state index in [0.717, 1.165) is 6.20 Å². The van der Waals surface area contributed by atoms with Crippen molar-refractivity contribution in [3.8, 4) is 5.88 Å². The number of nitrogens with one attached hydrogen (secondary N) is 1. The highest BCUT2D eigenvalue weighted by Gasteiger charge is 2.47. The van der Waals surface area contributed by atoms with Crippen molar-refractivity contribution in [2.24, 2.45) is 5.73 Å². The van der Waals surface area contributed by atoms with E-state index in [9.17, 15) is 40.7 Å². The van der Waals surface area contributed by atoms with Gasteiger partial charge in [-0.2, -0.15) is 26.3 Å². The van der Waals surface area contributed by atoms with Gasteiger partial charge >= 0.3 is 24.4 Å². The van der Waals surface area contributed by atoms with E-state index in [-0.39, 0.29) is 66.4 Å². The monoisotopic (exact) mass is 698 g/mol. The number of hydrogen-bond donors (Lipinski definition) is 3. The molecule has 0 saturated heterocycles. The highest BCUT2D eigenvalue weighted by molar-refractivity contribution is 5.95. The molecule has 18 heteroatoms. The molecule has 0 saturated carbocycles. The molecule has 1 aliphatic heterocycles. The first-order chi connectivity index (χ1) is 22.9. The van der Waals surface area contributed by atoms with Gasteiger partial charge in [0.1, 0.15) is 11.5 Å². The Morgan fingerprint density at radius 2 is 1.71 bits per heavy atom. The molecule has 0 bridgehead atoms. The number of pyridine rings is 1. The number of carbonyl (C=O) groups excluding carboxylic acids is 2. The third kappa shape index (κ3) is 8.18. The molecule has 0 aliphatic carbocycles. The summed E-state index contributed by atoms with van der Waals surface area (Å²) in [5, 5.41) is 11.3. The maximum atomic E-state index is 13.7. The summed E-state index contributed by atoms with van der Waals surface area (Å²) < 4.78 is 92.5.